The fraction of sp³-hybridized carbons (Fsp3) is 0.613. The van der Waals surface area contributed by atoms with Gasteiger partial charge in [0.25, 0.3) is 0 Å². The van der Waals surface area contributed by atoms with Gasteiger partial charge in [-0.3, -0.25) is 0 Å². The third-order valence-electron chi connectivity index (χ3n) is 9.03. The summed E-state index contributed by atoms with van der Waals surface area (Å²) in [6.07, 6.45) is 13.3. The summed E-state index contributed by atoms with van der Waals surface area (Å²) in [7, 11) is 0. The summed E-state index contributed by atoms with van der Waals surface area (Å²) in [4.78, 5) is 0. The third kappa shape index (κ3) is 4.87. The number of halogens is 3. The highest BCUT2D eigenvalue weighted by Gasteiger charge is 2.33. The maximum Gasteiger partial charge on any atom is 0.201 e. The highest BCUT2D eigenvalue weighted by atomic mass is 19.2. The second kappa shape index (κ2) is 10.6. The highest BCUT2D eigenvalue weighted by Crippen LogP contribution is 2.47. The summed E-state index contributed by atoms with van der Waals surface area (Å²) >= 11 is 0. The Morgan fingerprint density at radius 2 is 1.20 bits per heavy atom. The topological polar surface area (TPSA) is 9.23 Å². The molecule has 0 amide bonds. The first-order valence-corrected chi connectivity index (χ1v) is 14.0. The van der Waals surface area contributed by atoms with Crippen LogP contribution in [-0.4, -0.2) is 0 Å². The Labute approximate surface area is 208 Å². The molecule has 0 spiro atoms. The molecule has 2 fully saturated rings. The molecule has 2 aromatic carbocycles. The lowest BCUT2D eigenvalue weighted by atomic mass is 9.76. The molecule has 0 aromatic heterocycles. The molecule has 2 aliphatic carbocycles. The van der Waals surface area contributed by atoms with Crippen LogP contribution in [0.1, 0.15) is 125 Å². The average Bonchev–Trinajstić information content (AvgIpc) is 2.87. The first-order valence-electron chi connectivity index (χ1n) is 14.0. The molecule has 0 N–H and O–H groups in total. The van der Waals surface area contributed by atoms with Crippen LogP contribution in [0.3, 0.4) is 0 Å². The SMILES string of the molecule is CCCC1CCC(c2cc3c(c(F)c2F)Oc2c(ccc(C4CCC(CCC)CC4)c2F)C3)CC1. The van der Waals surface area contributed by atoms with Crippen molar-refractivity contribution in [1.29, 1.82) is 0 Å². The largest absolute Gasteiger partial charge is 0.450 e. The lowest BCUT2D eigenvalue weighted by molar-refractivity contribution is 0.299. The molecule has 0 atom stereocenters. The zero-order valence-corrected chi connectivity index (χ0v) is 21.3. The van der Waals surface area contributed by atoms with Crippen LogP contribution in [0.5, 0.6) is 11.5 Å². The maximum atomic E-state index is 15.6. The van der Waals surface area contributed by atoms with E-state index in [9.17, 15) is 0 Å². The van der Waals surface area contributed by atoms with E-state index in [-0.39, 0.29) is 29.2 Å². The summed E-state index contributed by atoms with van der Waals surface area (Å²) in [5.74, 6) is -0.510. The number of ether oxygens (including phenoxy) is 1. The molecule has 0 bridgehead atoms. The van der Waals surface area contributed by atoms with Crippen LogP contribution >= 0.6 is 0 Å². The zero-order chi connectivity index (χ0) is 24.5. The Balaban J connectivity index is 1.36. The fourth-order valence-corrected chi connectivity index (χ4v) is 7.05. The van der Waals surface area contributed by atoms with Crippen molar-refractivity contribution in [2.45, 2.75) is 109 Å². The summed E-state index contributed by atoms with van der Waals surface area (Å²) in [5, 5.41) is 0. The Hall–Kier alpha value is -1.97. The van der Waals surface area contributed by atoms with Crippen molar-refractivity contribution in [1.82, 2.24) is 0 Å². The summed E-state index contributed by atoms with van der Waals surface area (Å²) < 4.78 is 51.9. The van der Waals surface area contributed by atoms with E-state index in [4.69, 9.17) is 4.74 Å². The van der Waals surface area contributed by atoms with E-state index < -0.39 is 11.6 Å². The van der Waals surface area contributed by atoms with Crippen molar-refractivity contribution < 1.29 is 17.9 Å². The minimum Gasteiger partial charge on any atom is -0.450 e. The van der Waals surface area contributed by atoms with Crippen molar-refractivity contribution in [2.24, 2.45) is 11.8 Å². The van der Waals surface area contributed by atoms with Gasteiger partial charge in [-0.2, -0.15) is 4.39 Å². The van der Waals surface area contributed by atoms with Gasteiger partial charge < -0.3 is 4.74 Å². The van der Waals surface area contributed by atoms with Gasteiger partial charge in [-0.25, -0.2) is 8.78 Å². The van der Waals surface area contributed by atoms with Crippen LogP contribution in [0, 0.1) is 29.3 Å². The van der Waals surface area contributed by atoms with E-state index >= 15 is 13.2 Å². The molecular formula is C31H39F3O. The number of fused-ring (bicyclic) bond motifs is 2. The zero-order valence-electron chi connectivity index (χ0n) is 21.3. The first kappa shape index (κ1) is 24.7. The first-order chi connectivity index (χ1) is 17.0. The molecule has 2 aromatic rings. The second-order valence-corrected chi connectivity index (χ2v) is 11.3. The van der Waals surface area contributed by atoms with Gasteiger partial charge in [0.05, 0.1) is 0 Å². The molecule has 1 nitrogen and oxygen atoms in total. The van der Waals surface area contributed by atoms with Gasteiger partial charge in [-0.15, -0.1) is 0 Å². The van der Waals surface area contributed by atoms with E-state index in [0.29, 0.717) is 29.0 Å². The Bertz CT molecular complexity index is 1050. The van der Waals surface area contributed by atoms with Gasteiger partial charge in [-0.1, -0.05) is 51.7 Å². The van der Waals surface area contributed by atoms with Crippen LogP contribution < -0.4 is 4.74 Å². The van der Waals surface area contributed by atoms with Crippen molar-refractivity contribution in [3.8, 4) is 11.5 Å². The van der Waals surface area contributed by atoms with Crippen LogP contribution in [0.2, 0.25) is 0 Å². The summed E-state index contributed by atoms with van der Waals surface area (Å²) in [6.45, 7) is 4.42. The Morgan fingerprint density at radius 3 is 1.77 bits per heavy atom. The van der Waals surface area contributed by atoms with E-state index in [1.165, 1.54) is 25.7 Å². The molecule has 3 aliphatic rings. The van der Waals surface area contributed by atoms with Crippen molar-refractivity contribution in [3.63, 3.8) is 0 Å². The Morgan fingerprint density at radius 1 is 0.657 bits per heavy atom. The van der Waals surface area contributed by atoms with Crippen molar-refractivity contribution in [2.75, 3.05) is 0 Å². The van der Waals surface area contributed by atoms with Crippen LogP contribution in [-0.2, 0) is 6.42 Å². The van der Waals surface area contributed by atoms with Gasteiger partial charge in [0.1, 0.15) is 0 Å². The van der Waals surface area contributed by atoms with Gasteiger partial charge in [-0.05, 0) is 92.2 Å². The molecule has 0 radical (unpaired) electrons. The average molecular weight is 485 g/mol. The molecule has 5 rings (SSSR count). The molecule has 2 saturated carbocycles. The van der Waals surface area contributed by atoms with Crippen LogP contribution in [0.15, 0.2) is 18.2 Å². The van der Waals surface area contributed by atoms with Crippen molar-refractivity contribution >= 4 is 0 Å². The maximum absolute atomic E-state index is 15.6. The summed E-state index contributed by atoms with van der Waals surface area (Å²) in [6, 6.07) is 5.64. The minimum absolute atomic E-state index is 0.0475. The third-order valence-corrected chi connectivity index (χ3v) is 9.03. The van der Waals surface area contributed by atoms with E-state index in [1.807, 2.05) is 12.1 Å². The van der Waals surface area contributed by atoms with Gasteiger partial charge >= 0.3 is 0 Å². The lowest BCUT2D eigenvalue weighted by Crippen LogP contribution is -2.17. The van der Waals surface area contributed by atoms with Crippen molar-refractivity contribution in [3.05, 3.63) is 57.9 Å². The normalized spacial score (nSPS) is 26.1. The number of hydrogen-bond acceptors (Lipinski definition) is 1. The quantitative estimate of drug-likeness (QED) is 0.338. The standard InChI is InChI=1S/C31H39F3O/c1-3-5-19-7-11-21(12-8-19)25-16-15-23-17-24-18-26(22-13-9-20(6-4-2)10-14-22)27(32)29(34)31(24)35-30(23)28(25)33/h15-16,18-22H,3-14,17H2,1-2H3. The molecule has 0 unspecified atom stereocenters. The van der Waals surface area contributed by atoms with Gasteiger partial charge in [0.15, 0.2) is 23.1 Å². The van der Waals surface area contributed by atoms with Gasteiger partial charge in [0, 0.05) is 17.5 Å². The number of benzene rings is 2. The predicted molar refractivity (Wildman–Crippen MR) is 135 cm³/mol. The molecular weight excluding hydrogens is 445 g/mol. The van der Waals surface area contributed by atoms with Crippen LogP contribution in [0.25, 0.3) is 0 Å². The molecule has 190 valence electrons. The number of rotatable bonds is 6. The fourth-order valence-electron chi connectivity index (χ4n) is 7.05. The van der Waals surface area contributed by atoms with Crippen LogP contribution in [0.4, 0.5) is 13.2 Å². The van der Waals surface area contributed by atoms with E-state index in [2.05, 4.69) is 13.8 Å². The molecule has 35 heavy (non-hydrogen) atoms. The summed E-state index contributed by atoms with van der Waals surface area (Å²) in [5.41, 5.74) is 2.50. The molecule has 1 aliphatic heterocycles. The smallest absolute Gasteiger partial charge is 0.201 e. The highest BCUT2D eigenvalue weighted by molar-refractivity contribution is 5.54. The van der Waals surface area contributed by atoms with Gasteiger partial charge in [0.2, 0.25) is 5.82 Å². The lowest BCUT2D eigenvalue weighted by Gasteiger charge is -2.31. The van der Waals surface area contributed by atoms with E-state index in [0.717, 1.165) is 62.8 Å². The monoisotopic (exact) mass is 484 g/mol. The molecule has 4 heteroatoms. The Kier molecular flexibility index (Phi) is 7.46. The number of hydrogen-bond donors (Lipinski definition) is 0. The van der Waals surface area contributed by atoms with E-state index in [1.54, 1.807) is 6.07 Å². The second-order valence-electron chi connectivity index (χ2n) is 11.3. The molecule has 0 saturated heterocycles. The predicted octanol–water partition coefficient (Wildman–Crippen LogP) is 9.95. The molecule has 1 heterocycles. The minimum atomic E-state index is -0.955.